The van der Waals surface area contributed by atoms with Crippen LogP contribution in [0, 0.1) is 0 Å². The lowest BCUT2D eigenvalue weighted by atomic mass is 10.0. The Bertz CT molecular complexity index is 933. The summed E-state index contributed by atoms with van der Waals surface area (Å²) in [4.78, 5) is 24.0. The van der Waals surface area contributed by atoms with E-state index >= 15 is 0 Å². The van der Waals surface area contributed by atoms with Gasteiger partial charge in [0, 0.05) is 62.6 Å². The van der Waals surface area contributed by atoms with Gasteiger partial charge in [-0.2, -0.15) is 0 Å². The molecule has 2 N–H and O–H groups in total. The molecule has 6 nitrogen and oxygen atoms in total. The average Bonchev–Trinajstić information content (AvgIpc) is 2.74. The van der Waals surface area contributed by atoms with E-state index in [0.717, 1.165) is 54.9 Å². The summed E-state index contributed by atoms with van der Waals surface area (Å²) in [6, 6.07) is 13.5. The zero-order valence-electron chi connectivity index (χ0n) is 16.0. The molecule has 0 aliphatic carbocycles. The number of halogens is 2. The molecule has 1 amide bonds. The Morgan fingerprint density at radius 1 is 1.07 bits per heavy atom. The highest BCUT2D eigenvalue weighted by atomic mass is 35.5. The molecule has 0 saturated carbocycles. The van der Waals surface area contributed by atoms with Crippen LogP contribution in [0.5, 0.6) is 0 Å². The number of fused-ring (bicyclic) bond motifs is 1. The van der Waals surface area contributed by atoms with Crippen LogP contribution < -0.4 is 10.6 Å². The predicted molar refractivity (Wildman–Crippen MR) is 121 cm³/mol. The summed E-state index contributed by atoms with van der Waals surface area (Å²) >= 11 is 0. The van der Waals surface area contributed by atoms with Crippen molar-refractivity contribution < 1.29 is 4.79 Å². The summed E-state index contributed by atoms with van der Waals surface area (Å²) in [5, 5.41) is 7.29. The van der Waals surface area contributed by atoms with E-state index in [9.17, 15) is 4.79 Å². The highest BCUT2D eigenvalue weighted by Gasteiger charge is 2.15. The Morgan fingerprint density at radius 3 is 2.55 bits per heavy atom. The van der Waals surface area contributed by atoms with Crippen LogP contribution >= 0.6 is 24.8 Å². The maximum Gasteiger partial charge on any atom is 0.252 e. The number of para-hydroxylation sites is 1. The average molecular weight is 434 g/mol. The molecule has 154 valence electrons. The molecule has 1 saturated heterocycles. The number of hydrogen-bond acceptors (Lipinski definition) is 5. The SMILES string of the molecule is Cl.Cl.O=C(NCCN1CCNCC1)c1cc(-c2ccncc2)nc2ccccc12. The van der Waals surface area contributed by atoms with E-state index in [0.29, 0.717) is 12.1 Å². The molecule has 3 aromatic rings. The van der Waals surface area contributed by atoms with E-state index < -0.39 is 0 Å². The Morgan fingerprint density at radius 2 is 1.79 bits per heavy atom. The van der Waals surface area contributed by atoms with Crippen molar-refractivity contribution in [1.82, 2.24) is 25.5 Å². The molecule has 1 aromatic carbocycles. The molecule has 0 bridgehead atoms. The minimum Gasteiger partial charge on any atom is -0.351 e. The maximum absolute atomic E-state index is 12.9. The molecule has 8 heteroatoms. The Labute approximate surface area is 182 Å². The molecule has 0 radical (unpaired) electrons. The minimum absolute atomic E-state index is 0. The van der Waals surface area contributed by atoms with Gasteiger partial charge in [0.1, 0.15) is 0 Å². The number of carbonyl (C=O) groups is 1. The third kappa shape index (κ3) is 5.64. The molecule has 1 aliphatic heterocycles. The Kier molecular flexibility index (Phi) is 8.79. The Balaban J connectivity index is 0.00000150. The summed E-state index contributed by atoms with van der Waals surface area (Å²) in [6.07, 6.45) is 3.47. The first-order valence-electron chi connectivity index (χ1n) is 9.33. The van der Waals surface area contributed by atoms with Crippen molar-refractivity contribution in [1.29, 1.82) is 0 Å². The van der Waals surface area contributed by atoms with Crippen molar-refractivity contribution in [2.45, 2.75) is 0 Å². The van der Waals surface area contributed by atoms with Gasteiger partial charge in [0.25, 0.3) is 5.91 Å². The number of carbonyl (C=O) groups excluding carboxylic acids is 1. The van der Waals surface area contributed by atoms with Gasteiger partial charge in [-0.1, -0.05) is 18.2 Å². The van der Waals surface area contributed by atoms with Gasteiger partial charge in [-0.15, -0.1) is 24.8 Å². The molecular formula is C21H25Cl2N5O. The lowest BCUT2D eigenvalue weighted by Gasteiger charge is -2.27. The second kappa shape index (κ2) is 11.1. The van der Waals surface area contributed by atoms with Crippen molar-refractivity contribution in [3.8, 4) is 11.3 Å². The minimum atomic E-state index is -0.0564. The van der Waals surface area contributed by atoms with Crippen molar-refractivity contribution in [2.75, 3.05) is 39.3 Å². The van der Waals surface area contributed by atoms with Crippen molar-refractivity contribution in [3.63, 3.8) is 0 Å². The van der Waals surface area contributed by atoms with Crippen LogP contribution in [0.15, 0.2) is 54.9 Å². The van der Waals surface area contributed by atoms with E-state index in [2.05, 4.69) is 20.5 Å². The van der Waals surface area contributed by atoms with Gasteiger partial charge in [0.2, 0.25) is 0 Å². The summed E-state index contributed by atoms with van der Waals surface area (Å²) in [7, 11) is 0. The van der Waals surface area contributed by atoms with Crippen LogP contribution in [0.3, 0.4) is 0 Å². The molecule has 1 fully saturated rings. The molecule has 0 atom stereocenters. The summed E-state index contributed by atoms with van der Waals surface area (Å²) in [6.45, 7) is 5.59. The molecule has 29 heavy (non-hydrogen) atoms. The molecule has 4 rings (SSSR count). The Hall–Kier alpha value is -2.25. The number of benzene rings is 1. The number of nitrogens with one attached hydrogen (secondary N) is 2. The highest BCUT2D eigenvalue weighted by molar-refractivity contribution is 6.07. The molecular weight excluding hydrogens is 409 g/mol. The predicted octanol–water partition coefficient (Wildman–Crippen LogP) is 2.78. The number of piperazine rings is 1. The molecule has 0 spiro atoms. The second-order valence-corrected chi connectivity index (χ2v) is 6.66. The normalized spacial score (nSPS) is 13.9. The largest absolute Gasteiger partial charge is 0.351 e. The number of aromatic nitrogens is 2. The van der Waals surface area contributed by atoms with Crippen LogP contribution in [0.4, 0.5) is 0 Å². The van der Waals surface area contributed by atoms with Gasteiger partial charge in [0.05, 0.1) is 16.8 Å². The zero-order valence-corrected chi connectivity index (χ0v) is 17.6. The first kappa shape index (κ1) is 23.0. The highest BCUT2D eigenvalue weighted by Crippen LogP contribution is 2.24. The van der Waals surface area contributed by atoms with Crippen molar-refractivity contribution in [2.24, 2.45) is 0 Å². The smallest absolute Gasteiger partial charge is 0.252 e. The number of hydrogen-bond donors (Lipinski definition) is 2. The number of rotatable bonds is 5. The van der Waals surface area contributed by atoms with E-state index in [4.69, 9.17) is 4.98 Å². The van der Waals surface area contributed by atoms with Crippen LogP contribution in [0.25, 0.3) is 22.2 Å². The van der Waals surface area contributed by atoms with Gasteiger partial charge in [-0.05, 0) is 24.3 Å². The summed E-state index contributed by atoms with van der Waals surface area (Å²) in [5.41, 5.74) is 3.21. The number of amides is 1. The van der Waals surface area contributed by atoms with E-state index in [-0.39, 0.29) is 30.7 Å². The van der Waals surface area contributed by atoms with Crippen LogP contribution in [0.2, 0.25) is 0 Å². The monoisotopic (exact) mass is 433 g/mol. The lowest BCUT2D eigenvalue weighted by molar-refractivity contribution is 0.0949. The fourth-order valence-electron chi connectivity index (χ4n) is 3.39. The van der Waals surface area contributed by atoms with Crippen LogP contribution in [-0.4, -0.2) is 60.0 Å². The fraction of sp³-hybridized carbons (Fsp3) is 0.286. The third-order valence-electron chi connectivity index (χ3n) is 4.86. The van der Waals surface area contributed by atoms with Crippen LogP contribution in [0.1, 0.15) is 10.4 Å². The topological polar surface area (TPSA) is 70.2 Å². The third-order valence-corrected chi connectivity index (χ3v) is 4.86. The lowest BCUT2D eigenvalue weighted by Crippen LogP contribution is -2.46. The first-order chi connectivity index (χ1) is 13.3. The maximum atomic E-state index is 12.9. The fourth-order valence-corrected chi connectivity index (χ4v) is 3.39. The first-order valence-corrected chi connectivity index (χ1v) is 9.33. The molecule has 0 unspecified atom stereocenters. The number of nitrogens with zero attached hydrogens (tertiary/aromatic N) is 3. The molecule has 1 aliphatic rings. The van der Waals surface area contributed by atoms with Gasteiger partial charge in [-0.25, -0.2) is 4.98 Å². The van der Waals surface area contributed by atoms with Gasteiger partial charge < -0.3 is 10.6 Å². The van der Waals surface area contributed by atoms with E-state index in [1.807, 2.05) is 42.5 Å². The molecule has 3 heterocycles. The van der Waals surface area contributed by atoms with Gasteiger partial charge in [-0.3, -0.25) is 14.7 Å². The van der Waals surface area contributed by atoms with Gasteiger partial charge >= 0.3 is 0 Å². The quantitative estimate of drug-likeness (QED) is 0.647. The summed E-state index contributed by atoms with van der Waals surface area (Å²) < 4.78 is 0. The van der Waals surface area contributed by atoms with Crippen molar-refractivity contribution >= 4 is 41.6 Å². The van der Waals surface area contributed by atoms with E-state index in [1.54, 1.807) is 12.4 Å². The van der Waals surface area contributed by atoms with Crippen LogP contribution in [-0.2, 0) is 0 Å². The van der Waals surface area contributed by atoms with Crippen molar-refractivity contribution in [3.05, 3.63) is 60.4 Å². The summed E-state index contributed by atoms with van der Waals surface area (Å²) in [5.74, 6) is -0.0564. The number of pyridine rings is 2. The molecule has 2 aromatic heterocycles. The van der Waals surface area contributed by atoms with E-state index in [1.165, 1.54) is 0 Å². The standard InChI is InChI=1S/C21H23N5O.2ClH/c27-21(24-11-14-26-12-9-23-10-13-26)18-15-20(16-5-7-22-8-6-16)25-19-4-2-1-3-17(18)19;;/h1-8,15,23H,9-14H2,(H,24,27);2*1H. The van der Waals surface area contributed by atoms with Gasteiger partial charge in [0.15, 0.2) is 0 Å². The zero-order chi connectivity index (χ0) is 18.5. The second-order valence-electron chi connectivity index (χ2n) is 6.66.